The second kappa shape index (κ2) is 4.30. The van der Waals surface area contributed by atoms with E-state index in [-0.39, 0.29) is 18.1 Å². The first kappa shape index (κ1) is 11.9. The van der Waals surface area contributed by atoms with Crippen LogP contribution in [0.15, 0.2) is 47.5 Å². The summed E-state index contributed by atoms with van der Waals surface area (Å²) < 4.78 is 19.5. The van der Waals surface area contributed by atoms with Gasteiger partial charge in [-0.2, -0.15) is 0 Å². The molecular formula is C17H16FNO. The maximum atomic E-state index is 13.6. The molecule has 1 saturated carbocycles. The quantitative estimate of drug-likeness (QED) is 0.773. The van der Waals surface area contributed by atoms with Gasteiger partial charge in [-0.3, -0.25) is 0 Å². The minimum atomic E-state index is -0.785. The predicted octanol–water partition coefficient (Wildman–Crippen LogP) is 3.73. The molecule has 2 nitrogen and oxygen atoms in total. The van der Waals surface area contributed by atoms with Gasteiger partial charge in [-0.1, -0.05) is 37.3 Å². The van der Waals surface area contributed by atoms with Crippen LogP contribution in [-0.4, -0.2) is 24.2 Å². The second-order valence-electron chi connectivity index (χ2n) is 5.76. The molecule has 2 aliphatic rings. The third-order valence-electron chi connectivity index (χ3n) is 4.46. The Morgan fingerprint density at radius 3 is 2.75 bits per heavy atom. The van der Waals surface area contributed by atoms with Gasteiger partial charge in [0.2, 0.25) is 5.90 Å². The van der Waals surface area contributed by atoms with Crippen LogP contribution in [0.5, 0.6) is 0 Å². The maximum Gasteiger partial charge on any atom is 0.216 e. The summed E-state index contributed by atoms with van der Waals surface area (Å²) >= 11 is 0. The highest BCUT2D eigenvalue weighted by Crippen LogP contribution is 2.37. The molecule has 2 aromatic rings. The fourth-order valence-corrected chi connectivity index (χ4v) is 3.22. The van der Waals surface area contributed by atoms with E-state index < -0.39 is 6.17 Å². The van der Waals surface area contributed by atoms with Crippen molar-refractivity contribution in [2.75, 3.05) is 0 Å². The van der Waals surface area contributed by atoms with Gasteiger partial charge in [0.1, 0.15) is 12.3 Å². The van der Waals surface area contributed by atoms with Gasteiger partial charge >= 0.3 is 0 Å². The first-order chi connectivity index (χ1) is 9.72. The van der Waals surface area contributed by atoms with Gasteiger partial charge in [-0.05, 0) is 22.9 Å². The van der Waals surface area contributed by atoms with Gasteiger partial charge < -0.3 is 4.74 Å². The van der Waals surface area contributed by atoms with Crippen LogP contribution in [0.2, 0.25) is 0 Å². The molecule has 1 fully saturated rings. The molecule has 1 aliphatic carbocycles. The molecule has 0 N–H and O–H groups in total. The second-order valence-corrected chi connectivity index (χ2v) is 5.76. The standard InChI is InChI=1S/C17H16FNO/c1-10-14(18)9-15-16(10)20-17(19-15)13-7-6-11-4-2-3-5-12(11)8-13/h2-8,10,14-16H,9H2,1H3. The van der Waals surface area contributed by atoms with Crippen molar-refractivity contribution in [3.05, 3.63) is 48.0 Å². The van der Waals surface area contributed by atoms with Crippen molar-refractivity contribution in [2.24, 2.45) is 10.9 Å². The zero-order valence-electron chi connectivity index (χ0n) is 11.3. The van der Waals surface area contributed by atoms with Gasteiger partial charge in [0.05, 0.1) is 6.04 Å². The van der Waals surface area contributed by atoms with E-state index in [1.165, 1.54) is 10.8 Å². The van der Waals surface area contributed by atoms with Crippen molar-refractivity contribution in [1.29, 1.82) is 0 Å². The van der Waals surface area contributed by atoms with Crippen LogP contribution in [0.4, 0.5) is 4.39 Å². The van der Waals surface area contributed by atoms with Crippen molar-refractivity contribution in [3.63, 3.8) is 0 Å². The molecule has 3 heteroatoms. The number of hydrogen-bond donors (Lipinski definition) is 0. The lowest BCUT2D eigenvalue weighted by Crippen LogP contribution is -2.23. The van der Waals surface area contributed by atoms with Gasteiger partial charge in [-0.15, -0.1) is 0 Å². The molecule has 0 spiro atoms. The number of nitrogens with zero attached hydrogens (tertiary/aromatic N) is 1. The number of aliphatic imine (C=N–C) groups is 1. The molecular weight excluding hydrogens is 253 g/mol. The molecule has 1 heterocycles. The van der Waals surface area contributed by atoms with Crippen LogP contribution in [0.3, 0.4) is 0 Å². The van der Waals surface area contributed by atoms with E-state index in [9.17, 15) is 4.39 Å². The summed E-state index contributed by atoms with van der Waals surface area (Å²) in [5.41, 5.74) is 0.987. The van der Waals surface area contributed by atoms with Crippen molar-refractivity contribution < 1.29 is 9.13 Å². The molecule has 0 radical (unpaired) electrons. The number of halogens is 1. The summed E-state index contributed by atoms with van der Waals surface area (Å²) in [7, 11) is 0. The number of fused-ring (bicyclic) bond motifs is 2. The van der Waals surface area contributed by atoms with Gasteiger partial charge in [0, 0.05) is 17.9 Å². The van der Waals surface area contributed by atoms with Crippen LogP contribution in [0, 0.1) is 5.92 Å². The Labute approximate surface area is 117 Å². The summed E-state index contributed by atoms with van der Waals surface area (Å²) in [4.78, 5) is 4.58. The fraction of sp³-hybridized carbons (Fsp3) is 0.353. The van der Waals surface area contributed by atoms with E-state index in [0.717, 1.165) is 5.56 Å². The van der Waals surface area contributed by atoms with E-state index in [0.29, 0.717) is 12.3 Å². The summed E-state index contributed by atoms with van der Waals surface area (Å²) in [5, 5.41) is 2.37. The highest BCUT2D eigenvalue weighted by atomic mass is 19.1. The van der Waals surface area contributed by atoms with E-state index in [2.05, 4.69) is 29.3 Å². The monoisotopic (exact) mass is 269 g/mol. The van der Waals surface area contributed by atoms with Crippen LogP contribution in [-0.2, 0) is 4.74 Å². The molecule has 20 heavy (non-hydrogen) atoms. The third kappa shape index (κ3) is 1.73. The molecule has 4 unspecified atom stereocenters. The highest BCUT2D eigenvalue weighted by molar-refractivity contribution is 5.99. The van der Waals surface area contributed by atoms with Crippen LogP contribution < -0.4 is 0 Å². The summed E-state index contributed by atoms with van der Waals surface area (Å²) in [6.45, 7) is 1.91. The molecule has 0 bridgehead atoms. The molecule has 2 aromatic carbocycles. The number of benzene rings is 2. The Hall–Kier alpha value is -1.90. The zero-order valence-corrected chi connectivity index (χ0v) is 11.3. The van der Waals surface area contributed by atoms with Crippen molar-refractivity contribution in [1.82, 2.24) is 0 Å². The van der Waals surface area contributed by atoms with Crippen molar-refractivity contribution in [2.45, 2.75) is 31.7 Å². The number of hydrogen-bond acceptors (Lipinski definition) is 2. The number of alkyl halides is 1. The van der Waals surface area contributed by atoms with Crippen LogP contribution in [0.25, 0.3) is 10.8 Å². The SMILES string of the molecule is CC1C(F)CC2N=C(c3ccc4ccccc4c3)OC21. The number of rotatable bonds is 1. The fourth-order valence-electron chi connectivity index (χ4n) is 3.22. The molecule has 4 rings (SSSR count). The molecule has 0 amide bonds. The first-order valence-corrected chi connectivity index (χ1v) is 7.10. The van der Waals surface area contributed by atoms with Crippen LogP contribution >= 0.6 is 0 Å². The van der Waals surface area contributed by atoms with Gasteiger partial charge in [0.25, 0.3) is 0 Å². The van der Waals surface area contributed by atoms with Gasteiger partial charge in [0.15, 0.2) is 0 Å². The van der Waals surface area contributed by atoms with Crippen molar-refractivity contribution >= 4 is 16.7 Å². The van der Waals surface area contributed by atoms with Crippen molar-refractivity contribution in [3.8, 4) is 0 Å². The lowest BCUT2D eigenvalue weighted by Gasteiger charge is -2.15. The van der Waals surface area contributed by atoms with Crippen LogP contribution in [0.1, 0.15) is 18.9 Å². The number of ether oxygens (including phenoxy) is 1. The average molecular weight is 269 g/mol. The van der Waals surface area contributed by atoms with E-state index in [4.69, 9.17) is 4.74 Å². The van der Waals surface area contributed by atoms with E-state index in [1.807, 2.05) is 25.1 Å². The minimum absolute atomic E-state index is 0.0125. The molecule has 1 aliphatic heterocycles. The molecule has 0 saturated heterocycles. The Bertz CT molecular complexity index is 696. The molecule has 4 atom stereocenters. The lowest BCUT2D eigenvalue weighted by molar-refractivity contribution is 0.137. The predicted molar refractivity (Wildman–Crippen MR) is 77.8 cm³/mol. The first-order valence-electron chi connectivity index (χ1n) is 7.10. The normalized spacial score (nSPS) is 32.0. The topological polar surface area (TPSA) is 21.6 Å². The average Bonchev–Trinajstić information content (AvgIpc) is 2.99. The van der Waals surface area contributed by atoms with Gasteiger partial charge in [-0.25, -0.2) is 9.38 Å². The largest absolute Gasteiger partial charge is 0.471 e. The molecule has 102 valence electrons. The Morgan fingerprint density at radius 1 is 1.15 bits per heavy atom. The smallest absolute Gasteiger partial charge is 0.216 e. The Balaban J connectivity index is 1.69. The molecule has 0 aromatic heterocycles. The third-order valence-corrected chi connectivity index (χ3v) is 4.46. The minimum Gasteiger partial charge on any atom is -0.471 e. The van der Waals surface area contributed by atoms with E-state index >= 15 is 0 Å². The summed E-state index contributed by atoms with van der Waals surface area (Å²) in [6.07, 6.45) is -0.388. The lowest BCUT2D eigenvalue weighted by atomic mass is 10.1. The highest BCUT2D eigenvalue weighted by Gasteiger charge is 2.46. The summed E-state index contributed by atoms with van der Waals surface area (Å²) in [6, 6.07) is 14.4. The Kier molecular flexibility index (Phi) is 2.56. The zero-order chi connectivity index (χ0) is 13.7. The van der Waals surface area contributed by atoms with E-state index in [1.54, 1.807) is 0 Å². The maximum absolute atomic E-state index is 13.6. The summed E-state index contributed by atoms with van der Waals surface area (Å²) in [5.74, 6) is 0.603. The Morgan fingerprint density at radius 2 is 1.95 bits per heavy atom.